The maximum Gasteiger partial charge on any atom is 0.334 e. The van der Waals surface area contributed by atoms with Crippen molar-refractivity contribution < 1.29 is 28.7 Å². The molecule has 2 unspecified atom stereocenters. The third-order valence-electron chi connectivity index (χ3n) is 6.72. The number of nitrogens with one attached hydrogen (secondary N) is 1. The fourth-order valence-corrected chi connectivity index (χ4v) is 6.88. The minimum absolute atomic E-state index is 0.171. The van der Waals surface area contributed by atoms with E-state index in [1.54, 1.807) is 12.3 Å². The van der Waals surface area contributed by atoms with Crippen molar-refractivity contribution in [1.29, 1.82) is 0 Å². The Bertz CT molecular complexity index is 1370. The van der Waals surface area contributed by atoms with Crippen LogP contribution in [0.15, 0.2) is 89.2 Å². The highest BCUT2D eigenvalue weighted by atomic mass is 32.2. The minimum Gasteiger partial charge on any atom is -0.458 e. The van der Waals surface area contributed by atoms with Gasteiger partial charge in [-0.15, -0.1) is 23.1 Å². The molecule has 8 nitrogen and oxygen atoms in total. The summed E-state index contributed by atoms with van der Waals surface area (Å²) in [4.78, 5) is 54.1. The summed E-state index contributed by atoms with van der Waals surface area (Å²) in [7, 11) is 0. The summed E-state index contributed by atoms with van der Waals surface area (Å²) in [6.07, 6.45) is -1.31. The summed E-state index contributed by atoms with van der Waals surface area (Å²) in [6.45, 7) is 2.95. The molecule has 10 heteroatoms. The monoisotopic (exact) mass is 576 g/mol. The first kappa shape index (κ1) is 27.7. The summed E-state index contributed by atoms with van der Waals surface area (Å²) in [6, 6.07) is 20.5. The zero-order valence-electron chi connectivity index (χ0n) is 21.9. The van der Waals surface area contributed by atoms with Gasteiger partial charge in [0, 0.05) is 17.4 Å². The van der Waals surface area contributed by atoms with E-state index in [4.69, 9.17) is 9.47 Å². The number of hydrogen-bond acceptors (Lipinski definition) is 8. The Labute approximate surface area is 240 Å². The summed E-state index contributed by atoms with van der Waals surface area (Å²) >= 11 is 2.77. The van der Waals surface area contributed by atoms with E-state index in [9.17, 15) is 19.2 Å². The van der Waals surface area contributed by atoms with Gasteiger partial charge in [-0.1, -0.05) is 66.7 Å². The Kier molecular flexibility index (Phi) is 8.37. The summed E-state index contributed by atoms with van der Waals surface area (Å²) in [5.74, 6) is -1.82. The predicted octanol–water partition coefficient (Wildman–Crippen LogP) is 4.23. The summed E-state index contributed by atoms with van der Waals surface area (Å²) < 4.78 is 11.5. The third kappa shape index (κ3) is 5.83. The van der Waals surface area contributed by atoms with Crippen LogP contribution >= 0.6 is 23.1 Å². The van der Waals surface area contributed by atoms with Crippen LogP contribution < -0.4 is 5.32 Å². The molecule has 2 aliphatic rings. The number of amides is 2. The fourth-order valence-electron chi connectivity index (χ4n) is 4.86. The van der Waals surface area contributed by atoms with E-state index in [2.05, 4.69) is 5.32 Å². The molecule has 0 spiro atoms. The molecule has 40 heavy (non-hydrogen) atoms. The lowest BCUT2D eigenvalue weighted by atomic mass is 9.94. The first-order valence-electron chi connectivity index (χ1n) is 12.8. The SMILES string of the molecule is CC(=O)OC(C)C1=CS[C@@H]2[C@H](NC(=O)Cc3cccs3)C(=O)N2C1C(=O)OC(c1ccccc1)c1ccccc1. The average molecular weight is 577 g/mol. The molecule has 5 rings (SSSR count). The van der Waals surface area contributed by atoms with Crippen LogP contribution in [0.4, 0.5) is 0 Å². The second-order valence-corrected chi connectivity index (χ2v) is 11.5. The van der Waals surface area contributed by atoms with Crippen LogP contribution in [0.3, 0.4) is 0 Å². The van der Waals surface area contributed by atoms with E-state index < -0.39 is 47.5 Å². The van der Waals surface area contributed by atoms with Gasteiger partial charge in [0.05, 0.1) is 6.42 Å². The molecule has 2 aliphatic heterocycles. The Hall–Kier alpha value is -3.89. The zero-order valence-corrected chi connectivity index (χ0v) is 23.5. The highest BCUT2D eigenvalue weighted by molar-refractivity contribution is 8.03. The maximum absolute atomic E-state index is 13.9. The molecule has 1 saturated heterocycles. The molecule has 1 N–H and O–H groups in total. The highest BCUT2D eigenvalue weighted by Crippen LogP contribution is 2.42. The Morgan fingerprint density at radius 2 is 1.60 bits per heavy atom. The second-order valence-electron chi connectivity index (χ2n) is 9.48. The number of benzene rings is 2. The van der Waals surface area contributed by atoms with Gasteiger partial charge in [-0.25, -0.2) is 4.79 Å². The van der Waals surface area contributed by atoms with Crippen molar-refractivity contribution >= 4 is 46.9 Å². The van der Waals surface area contributed by atoms with Crippen LogP contribution in [0.25, 0.3) is 0 Å². The quantitative estimate of drug-likeness (QED) is 0.301. The van der Waals surface area contributed by atoms with Crippen molar-refractivity contribution in [3.8, 4) is 0 Å². The largest absolute Gasteiger partial charge is 0.458 e. The van der Waals surface area contributed by atoms with Crippen molar-refractivity contribution in [1.82, 2.24) is 10.2 Å². The van der Waals surface area contributed by atoms with Crippen molar-refractivity contribution in [2.75, 3.05) is 0 Å². The number of thiophene rings is 1. The lowest BCUT2D eigenvalue weighted by molar-refractivity contribution is -0.166. The van der Waals surface area contributed by atoms with Gasteiger partial charge >= 0.3 is 11.9 Å². The zero-order chi connectivity index (χ0) is 28.2. The van der Waals surface area contributed by atoms with E-state index >= 15 is 0 Å². The average Bonchev–Trinajstić information content (AvgIpc) is 3.47. The molecule has 0 bridgehead atoms. The molecule has 0 radical (unpaired) electrons. The molecule has 206 valence electrons. The molecule has 3 aromatic rings. The van der Waals surface area contributed by atoms with Crippen molar-refractivity contribution in [3.05, 3.63) is 105 Å². The summed E-state index contributed by atoms with van der Waals surface area (Å²) in [5, 5.41) is 5.95. The van der Waals surface area contributed by atoms with Crippen molar-refractivity contribution in [2.24, 2.45) is 0 Å². The number of ether oxygens (including phenoxy) is 2. The molecular formula is C30H28N2O6S2. The number of fused-ring (bicyclic) bond motifs is 1. The van der Waals surface area contributed by atoms with Gasteiger partial charge in [-0.3, -0.25) is 14.4 Å². The second kappa shape index (κ2) is 12.1. The smallest absolute Gasteiger partial charge is 0.334 e. The molecule has 3 heterocycles. The Morgan fingerprint density at radius 3 is 2.17 bits per heavy atom. The van der Waals surface area contributed by atoms with Crippen LogP contribution in [-0.4, -0.2) is 52.2 Å². The van der Waals surface area contributed by atoms with E-state index in [0.717, 1.165) is 16.0 Å². The van der Waals surface area contributed by atoms with Gasteiger partial charge in [0.1, 0.15) is 17.5 Å². The number of carbonyl (C=O) groups is 4. The van der Waals surface area contributed by atoms with E-state index in [1.807, 2.05) is 78.2 Å². The highest BCUT2D eigenvalue weighted by Gasteiger charge is 2.57. The standard InChI is InChI=1S/C30H28N2O6S2/c1-18(37-19(2)33)23-17-40-29-25(31-24(34)16-22-14-9-15-39-22)28(35)32(29)26(23)30(36)38-27(20-10-5-3-6-11-20)21-12-7-4-8-13-21/h3-15,17-18,25-27,29H,16H2,1-2H3,(H,31,34)/t18?,25-,26?,29-/m1/s1. The molecule has 0 aliphatic carbocycles. The van der Waals surface area contributed by atoms with Crippen LogP contribution in [0, 0.1) is 0 Å². The van der Waals surface area contributed by atoms with Crippen LogP contribution in [0.1, 0.15) is 36.0 Å². The number of carbonyl (C=O) groups excluding carboxylic acids is 4. The first-order chi connectivity index (χ1) is 19.3. The van der Waals surface area contributed by atoms with Crippen molar-refractivity contribution in [2.45, 2.75) is 49.9 Å². The van der Waals surface area contributed by atoms with E-state index in [0.29, 0.717) is 5.57 Å². The Balaban J connectivity index is 1.41. The number of β-lactam (4-membered cyclic amide) rings is 1. The van der Waals surface area contributed by atoms with Crippen LogP contribution in [0.2, 0.25) is 0 Å². The molecule has 1 aromatic heterocycles. The molecule has 4 atom stereocenters. The van der Waals surface area contributed by atoms with Gasteiger partial charge in [0.15, 0.2) is 12.1 Å². The summed E-state index contributed by atoms with van der Waals surface area (Å²) in [5.41, 5.74) is 1.99. The fraction of sp³-hybridized carbons (Fsp3) is 0.267. The molecule has 1 fully saturated rings. The molecule has 0 saturated carbocycles. The van der Waals surface area contributed by atoms with Crippen LogP contribution in [-0.2, 0) is 35.1 Å². The maximum atomic E-state index is 13.9. The van der Waals surface area contributed by atoms with Gasteiger partial charge in [0.2, 0.25) is 11.8 Å². The number of nitrogens with zero attached hydrogens (tertiary/aromatic N) is 1. The third-order valence-corrected chi connectivity index (χ3v) is 8.79. The van der Waals surface area contributed by atoms with Crippen molar-refractivity contribution in [3.63, 3.8) is 0 Å². The van der Waals surface area contributed by atoms with E-state index in [1.165, 1.54) is 34.9 Å². The number of esters is 2. The minimum atomic E-state index is -1.12. The van der Waals surface area contributed by atoms with Gasteiger partial charge in [0.25, 0.3) is 0 Å². The van der Waals surface area contributed by atoms with Gasteiger partial charge in [-0.05, 0) is 34.9 Å². The number of rotatable bonds is 9. The lowest BCUT2D eigenvalue weighted by Gasteiger charge is -2.52. The van der Waals surface area contributed by atoms with Gasteiger partial charge in [-0.2, -0.15) is 0 Å². The molecular weight excluding hydrogens is 548 g/mol. The normalized spacial score (nSPS) is 20.6. The number of thioether (sulfide) groups is 1. The van der Waals surface area contributed by atoms with E-state index in [-0.39, 0.29) is 12.3 Å². The number of hydrogen-bond donors (Lipinski definition) is 1. The molecule has 2 amide bonds. The first-order valence-corrected chi connectivity index (χ1v) is 14.6. The topological polar surface area (TPSA) is 102 Å². The lowest BCUT2D eigenvalue weighted by Crippen LogP contribution is -2.74. The predicted molar refractivity (Wildman–Crippen MR) is 152 cm³/mol. The van der Waals surface area contributed by atoms with Gasteiger partial charge < -0.3 is 19.7 Å². The Morgan fingerprint density at radius 1 is 0.950 bits per heavy atom. The molecule has 2 aromatic carbocycles. The van der Waals surface area contributed by atoms with Crippen LogP contribution in [0.5, 0.6) is 0 Å².